The second-order valence-electron chi connectivity index (χ2n) is 8.07. The first-order chi connectivity index (χ1) is 13.2. The minimum atomic E-state index is 0.545. The van der Waals surface area contributed by atoms with Gasteiger partial charge in [-0.15, -0.1) is 0 Å². The summed E-state index contributed by atoms with van der Waals surface area (Å²) >= 11 is 0. The lowest BCUT2D eigenvalue weighted by Crippen LogP contribution is -2.31. The van der Waals surface area contributed by atoms with Crippen LogP contribution in [-0.2, 0) is 0 Å². The fourth-order valence-corrected chi connectivity index (χ4v) is 3.84. The van der Waals surface area contributed by atoms with Gasteiger partial charge in [0.25, 0.3) is 0 Å². The van der Waals surface area contributed by atoms with E-state index < -0.39 is 0 Å². The van der Waals surface area contributed by atoms with Crippen LogP contribution in [0.2, 0.25) is 0 Å². The highest BCUT2D eigenvalue weighted by Crippen LogP contribution is 2.31. The zero-order valence-corrected chi connectivity index (χ0v) is 16.4. The van der Waals surface area contributed by atoms with Crippen LogP contribution < -0.4 is 10.6 Å². The molecular weight excluding hydrogens is 332 g/mol. The first-order valence-corrected chi connectivity index (χ1v) is 10.2. The highest BCUT2D eigenvalue weighted by Gasteiger charge is 2.21. The number of hydrogen-bond acceptors (Lipinski definition) is 4. The highest BCUT2D eigenvalue weighted by atomic mass is 15.2. The van der Waals surface area contributed by atoms with Crippen LogP contribution in [0.25, 0.3) is 5.57 Å². The molecule has 4 rings (SSSR count). The van der Waals surface area contributed by atoms with Crippen LogP contribution in [0.1, 0.15) is 38.7 Å². The normalized spacial score (nSPS) is 21.7. The van der Waals surface area contributed by atoms with E-state index in [1.807, 2.05) is 0 Å². The fraction of sp³-hybridized carbons (Fsp3) is 0.435. The van der Waals surface area contributed by atoms with Crippen molar-refractivity contribution in [2.75, 3.05) is 25.0 Å². The Morgan fingerprint density at radius 1 is 1.22 bits per heavy atom. The predicted octanol–water partition coefficient (Wildman–Crippen LogP) is 4.41. The SMILES string of the molecule is CC(C)CCC1=C(c2ccc(N[C@@H]3CCNC3)cc2)CN2C=CC=CC2=N1. The van der Waals surface area contributed by atoms with Crippen LogP contribution >= 0.6 is 0 Å². The van der Waals surface area contributed by atoms with Gasteiger partial charge >= 0.3 is 0 Å². The van der Waals surface area contributed by atoms with Crippen LogP contribution in [0.5, 0.6) is 0 Å². The standard InChI is InChI=1S/C23H30N4/c1-17(2)6-11-22-21(16-27-14-4-3-5-23(27)26-22)18-7-9-19(10-8-18)25-20-12-13-24-15-20/h3-5,7-10,14,17,20,24-25H,6,11-13,15-16H2,1-2H3/t20-/m1/s1. The van der Waals surface area contributed by atoms with Gasteiger partial charge in [-0.3, -0.25) is 0 Å². The minimum Gasteiger partial charge on any atom is -0.381 e. The van der Waals surface area contributed by atoms with E-state index in [9.17, 15) is 0 Å². The summed E-state index contributed by atoms with van der Waals surface area (Å²) in [5.41, 5.74) is 5.09. The number of fused-ring (bicyclic) bond motifs is 1. The summed E-state index contributed by atoms with van der Waals surface area (Å²) < 4.78 is 0. The highest BCUT2D eigenvalue weighted by molar-refractivity contribution is 5.99. The molecule has 1 aromatic carbocycles. The van der Waals surface area contributed by atoms with E-state index in [0.29, 0.717) is 12.0 Å². The maximum atomic E-state index is 5.00. The van der Waals surface area contributed by atoms with Crippen molar-refractivity contribution in [3.63, 3.8) is 0 Å². The van der Waals surface area contributed by atoms with Gasteiger partial charge in [0.1, 0.15) is 5.84 Å². The average molecular weight is 363 g/mol. The van der Waals surface area contributed by atoms with Crippen LogP contribution in [-0.4, -0.2) is 36.4 Å². The molecule has 0 aromatic heterocycles. The van der Waals surface area contributed by atoms with Crippen LogP contribution in [0.4, 0.5) is 5.69 Å². The Kier molecular flexibility index (Phi) is 5.44. The largest absolute Gasteiger partial charge is 0.381 e. The van der Waals surface area contributed by atoms with Gasteiger partial charge in [-0.1, -0.05) is 32.1 Å². The first kappa shape index (κ1) is 18.1. The van der Waals surface area contributed by atoms with Crippen LogP contribution in [0.15, 0.2) is 59.4 Å². The molecule has 4 nitrogen and oxygen atoms in total. The van der Waals surface area contributed by atoms with E-state index in [1.165, 1.54) is 35.4 Å². The van der Waals surface area contributed by atoms with Gasteiger partial charge in [0.05, 0.1) is 6.54 Å². The second kappa shape index (κ2) is 8.13. The molecule has 3 aliphatic heterocycles. The molecule has 1 fully saturated rings. The molecule has 0 amide bonds. The van der Waals surface area contributed by atoms with Crippen molar-refractivity contribution >= 4 is 17.1 Å². The molecule has 3 aliphatic rings. The third-order valence-corrected chi connectivity index (χ3v) is 5.47. The van der Waals surface area contributed by atoms with Gasteiger partial charge in [0.2, 0.25) is 0 Å². The summed E-state index contributed by atoms with van der Waals surface area (Å²) in [5, 5.41) is 7.04. The molecule has 4 heteroatoms. The molecular formula is C23H30N4. The molecule has 0 bridgehead atoms. The van der Waals surface area contributed by atoms with Gasteiger partial charge in [-0.2, -0.15) is 0 Å². The Morgan fingerprint density at radius 2 is 2.07 bits per heavy atom. The quantitative estimate of drug-likeness (QED) is 0.788. The van der Waals surface area contributed by atoms with Gasteiger partial charge in [-0.25, -0.2) is 4.99 Å². The molecule has 1 aromatic rings. The zero-order chi connectivity index (χ0) is 18.6. The molecule has 0 unspecified atom stereocenters. The van der Waals surface area contributed by atoms with Crippen molar-refractivity contribution in [2.24, 2.45) is 10.9 Å². The number of benzene rings is 1. The molecule has 0 aliphatic carbocycles. The lowest BCUT2D eigenvalue weighted by Gasteiger charge is -2.30. The number of aliphatic imine (C=N–C) groups is 1. The van der Waals surface area contributed by atoms with Crippen molar-refractivity contribution in [2.45, 2.75) is 39.2 Å². The fourth-order valence-electron chi connectivity index (χ4n) is 3.84. The Morgan fingerprint density at radius 3 is 2.81 bits per heavy atom. The number of hydrogen-bond donors (Lipinski definition) is 2. The predicted molar refractivity (Wildman–Crippen MR) is 115 cm³/mol. The maximum Gasteiger partial charge on any atom is 0.133 e. The summed E-state index contributed by atoms with van der Waals surface area (Å²) in [6, 6.07) is 9.47. The third-order valence-electron chi connectivity index (χ3n) is 5.47. The number of anilines is 1. The molecule has 0 spiro atoms. The molecule has 0 radical (unpaired) electrons. The van der Waals surface area contributed by atoms with E-state index in [-0.39, 0.29) is 0 Å². The summed E-state index contributed by atoms with van der Waals surface area (Å²) in [6.45, 7) is 7.62. The minimum absolute atomic E-state index is 0.545. The maximum absolute atomic E-state index is 5.00. The molecule has 1 atom stereocenters. The number of nitrogens with one attached hydrogen (secondary N) is 2. The number of rotatable bonds is 6. The molecule has 0 saturated carbocycles. The smallest absolute Gasteiger partial charge is 0.133 e. The summed E-state index contributed by atoms with van der Waals surface area (Å²) in [5.74, 6) is 1.75. The van der Waals surface area contributed by atoms with E-state index in [0.717, 1.165) is 31.9 Å². The molecule has 142 valence electrons. The van der Waals surface area contributed by atoms with Crippen molar-refractivity contribution < 1.29 is 0 Å². The van der Waals surface area contributed by atoms with Crippen molar-refractivity contribution in [1.29, 1.82) is 0 Å². The van der Waals surface area contributed by atoms with Gasteiger partial charge < -0.3 is 15.5 Å². The Hall–Kier alpha value is -2.33. The average Bonchev–Trinajstić information content (AvgIpc) is 3.19. The monoisotopic (exact) mass is 362 g/mol. The lowest BCUT2D eigenvalue weighted by molar-refractivity contribution is 0.570. The molecule has 2 N–H and O–H groups in total. The van der Waals surface area contributed by atoms with Crippen molar-refractivity contribution in [3.8, 4) is 0 Å². The molecule has 27 heavy (non-hydrogen) atoms. The zero-order valence-electron chi connectivity index (χ0n) is 16.4. The molecule has 1 saturated heterocycles. The number of nitrogens with zero attached hydrogens (tertiary/aromatic N) is 2. The van der Waals surface area contributed by atoms with Gasteiger partial charge in [-0.05, 0) is 61.6 Å². The van der Waals surface area contributed by atoms with E-state index in [4.69, 9.17) is 4.99 Å². The van der Waals surface area contributed by atoms with Crippen LogP contribution in [0, 0.1) is 5.92 Å². The van der Waals surface area contributed by atoms with Crippen molar-refractivity contribution in [3.05, 3.63) is 60.0 Å². The van der Waals surface area contributed by atoms with Gasteiger partial charge in [0, 0.05) is 35.7 Å². The second-order valence-corrected chi connectivity index (χ2v) is 8.07. The van der Waals surface area contributed by atoms with E-state index >= 15 is 0 Å². The number of allylic oxidation sites excluding steroid dienone is 3. The van der Waals surface area contributed by atoms with E-state index in [2.05, 4.69) is 78.1 Å². The first-order valence-electron chi connectivity index (χ1n) is 10.2. The van der Waals surface area contributed by atoms with E-state index in [1.54, 1.807) is 0 Å². The van der Waals surface area contributed by atoms with Crippen molar-refractivity contribution in [1.82, 2.24) is 10.2 Å². The summed E-state index contributed by atoms with van der Waals surface area (Å²) in [4.78, 5) is 7.24. The lowest BCUT2D eigenvalue weighted by atomic mass is 9.96. The third kappa shape index (κ3) is 4.33. The Labute approximate surface area is 162 Å². The Balaban J connectivity index is 1.58. The summed E-state index contributed by atoms with van der Waals surface area (Å²) in [6.07, 6.45) is 11.8. The topological polar surface area (TPSA) is 39.7 Å². The summed E-state index contributed by atoms with van der Waals surface area (Å²) in [7, 11) is 0. The molecule has 3 heterocycles. The Bertz CT molecular complexity index is 777. The van der Waals surface area contributed by atoms with Gasteiger partial charge in [0.15, 0.2) is 0 Å². The van der Waals surface area contributed by atoms with Crippen LogP contribution in [0.3, 0.4) is 0 Å². The number of amidine groups is 1.